The van der Waals surface area contributed by atoms with Crippen LogP contribution in [0.3, 0.4) is 0 Å². The van der Waals surface area contributed by atoms with E-state index >= 15 is 0 Å². The third-order valence-corrected chi connectivity index (χ3v) is 4.01. The Bertz CT molecular complexity index is 496. The molecule has 2 amide bonds. The molecule has 1 aromatic carbocycles. The predicted octanol–water partition coefficient (Wildman–Crippen LogP) is 1.78. The number of halogens is 1. The molecule has 20 heavy (non-hydrogen) atoms. The summed E-state index contributed by atoms with van der Waals surface area (Å²) in [4.78, 5) is 23.7. The highest BCUT2D eigenvalue weighted by molar-refractivity contribution is 9.10. The molecule has 1 aliphatic rings. The Labute approximate surface area is 126 Å². The van der Waals surface area contributed by atoms with E-state index in [0.717, 1.165) is 17.3 Å². The second-order valence-electron chi connectivity index (χ2n) is 5.10. The minimum atomic E-state index is -0.794. The number of hydrogen-bond donors (Lipinski definition) is 3. The van der Waals surface area contributed by atoms with Crippen molar-refractivity contribution in [3.05, 3.63) is 28.7 Å². The highest BCUT2D eigenvalue weighted by Crippen LogP contribution is 2.27. The lowest BCUT2D eigenvalue weighted by Gasteiger charge is -2.21. The molecule has 4 N–H and O–H groups in total. The van der Waals surface area contributed by atoms with Gasteiger partial charge >= 0.3 is 0 Å². The fourth-order valence-corrected chi connectivity index (χ4v) is 2.57. The van der Waals surface area contributed by atoms with Gasteiger partial charge in [0.25, 0.3) is 0 Å². The van der Waals surface area contributed by atoms with Gasteiger partial charge in [0, 0.05) is 10.2 Å². The van der Waals surface area contributed by atoms with Gasteiger partial charge in [-0.25, -0.2) is 0 Å². The van der Waals surface area contributed by atoms with Crippen LogP contribution in [0.2, 0.25) is 0 Å². The summed E-state index contributed by atoms with van der Waals surface area (Å²) in [6, 6.07) is 7.24. The van der Waals surface area contributed by atoms with Crippen LogP contribution in [0.5, 0.6) is 0 Å². The average Bonchev–Trinajstić information content (AvgIpc) is 2.87. The van der Waals surface area contributed by atoms with Crippen molar-refractivity contribution in [1.29, 1.82) is 0 Å². The number of carbonyl (C=O) groups excluding carboxylic acids is 2. The monoisotopic (exact) mass is 339 g/mol. The van der Waals surface area contributed by atoms with Crippen LogP contribution in [0.15, 0.2) is 28.7 Å². The van der Waals surface area contributed by atoms with Crippen molar-refractivity contribution in [3.63, 3.8) is 0 Å². The SMILES string of the molecule is NC1(C(=O)NCC(=O)Nc2ccc(Br)cc2)CCCC1. The first kappa shape index (κ1) is 15.0. The standard InChI is InChI=1S/C14H18BrN3O2/c15-10-3-5-11(6-4-10)18-12(19)9-17-13(20)14(16)7-1-2-8-14/h3-6H,1-2,7-9,16H2,(H,17,20)(H,18,19). The zero-order valence-electron chi connectivity index (χ0n) is 11.1. The second-order valence-corrected chi connectivity index (χ2v) is 6.02. The highest BCUT2D eigenvalue weighted by Gasteiger charge is 2.36. The summed E-state index contributed by atoms with van der Waals surface area (Å²) < 4.78 is 0.940. The van der Waals surface area contributed by atoms with E-state index in [1.165, 1.54) is 0 Å². The zero-order chi connectivity index (χ0) is 14.6. The van der Waals surface area contributed by atoms with Gasteiger partial charge in [-0.15, -0.1) is 0 Å². The Balaban J connectivity index is 1.80. The Morgan fingerprint density at radius 2 is 1.80 bits per heavy atom. The van der Waals surface area contributed by atoms with Gasteiger partial charge < -0.3 is 16.4 Å². The van der Waals surface area contributed by atoms with Crippen LogP contribution in [0.1, 0.15) is 25.7 Å². The number of anilines is 1. The molecule has 1 aliphatic carbocycles. The van der Waals surface area contributed by atoms with Crippen molar-refractivity contribution < 1.29 is 9.59 Å². The van der Waals surface area contributed by atoms with Crippen molar-refractivity contribution in [3.8, 4) is 0 Å². The number of rotatable bonds is 4. The molecule has 0 heterocycles. The topological polar surface area (TPSA) is 84.2 Å². The smallest absolute Gasteiger partial charge is 0.243 e. The molecule has 0 spiro atoms. The van der Waals surface area contributed by atoms with E-state index in [-0.39, 0.29) is 18.4 Å². The quantitative estimate of drug-likeness (QED) is 0.781. The van der Waals surface area contributed by atoms with E-state index in [9.17, 15) is 9.59 Å². The molecule has 0 aromatic heterocycles. The molecule has 0 radical (unpaired) electrons. The molecular weight excluding hydrogens is 322 g/mol. The molecule has 0 bridgehead atoms. The van der Waals surface area contributed by atoms with Crippen molar-refractivity contribution >= 4 is 33.4 Å². The third-order valence-electron chi connectivity index (χ3n) is 3.49. The van der Waals surface area contributed by atoms with E-state index in [2.05, 4.69) is 26.6 Å². The largest absolute Gasteiger partial charge is 0.345 e. The van der Waals surface area contributed by atoms with E-state index in [0.29, 0.717) is 18.5 Å². The number of carbonyl (C=O) groups is 2. The van der Waals surface area contributed by atoms with Gasteiger partial charge in [-0.05, 0) is 37.1 Å². The highest BCUT2D eigenvalue weighted by atomic mass is 79.9. The first-order valence-electron chi connectivity index (χ1n) is 6.62. The van der Waals surface area contributed by atoms with Crippen molar-refractivity contribution in [2.45, 2.75) is 31.2 Å². The maximum Gasteiger partial charge on any atom is 0.243 e. The lowest BCUT2D eigenvalue weighted by Crippen LogP contribution is -2.53. The van der Waals surface area contributed by atoms with Crippen LogP contribution >= 0.6 is 15.9 Å². The number of benzene rings is 1. The molecule has 0 saturated heterocycles. The van der Waals surface area contributed by atoms with Gasteiger partial charge in [0.05, 0.1) is 12.1 Å². The van der Waals surface area contributed by atoms with Gasteiger partial charge in [0.15, 0.2) is 0 Å². The van der Waals surface area contributed by atoms with Crippen LogP contribution in [-0.2, 0) is 9.59 Å². The normalized spacial score (nSPS) is 16.7. The summed E-state index contributed by atoms with van der Waals surface area (Å²) in [6.45, 7) is -0.0617. The summed E-state index contributed by atoms with van der Waals surface area (Å²) in [5, 5.41) is 5.32. The van der Waals surface area contributed by atoms with Crippen LogP contribution in [0.4, 0.5) is 5.69 Å². The maximum absolute atomic E-state index is 11.9. The van der Waals surface area contributed by atoms with Gasteiger partial charge in [0.2, 0.25) is 11.8 Å². The number of amides is 2. The summed E-state index contributed by atoms with van der Waals surface area (Å²) >= 11 is 3.32. The van der Waals surface area contributed by atoms with Gasteiger partial charge in [-0.2, -0.15) is 0 Å². The van der Waals surface area contributed by atoms with E-state index < -0.39 is 5.54 Å². The molecule has 1 aromatic rings. The Kier molecular flexibility index (Phi) is 4.77. The summed E-state index contributed by atoms with van der Waals surface area (Å²) in [5.41, 5.74) is 5.91. The molecule has 1 fully saturated rings. The van der Waals surface area contributed by atoms with Crippen molar-refractivity contribution in [2.75, 3.05) is 11.9 Å². The first-order valence-corrected chi connectivity index (χ1v) is 7.41. The van der Waals surface area contributed by atoms with Crippen molar-refractivity contribution in [1.82, 2.24) is 5.32 Å². The van der Waals surface area contributed by atoms with E-state index in [4.69, 9.17) is 5.73 Å². The minimum absolute atomic E-state index is 0.0617. The second kappa shape index (κ2) is 6.37. The maximum atomic E-state index is 11.9. The van der Waals surface area contributed by atoms with Gasteiger partial charge in [-0.3, -0.25) is 9.59 Å². The average molecular weight is 340 g/mol. The van der Waals surface area contributed by atoms with Crippen LogP contribution in [-0.4, -0.2) is 23.9 Å². The van der Waals surface area contributed by atoms with Gasteiger partial charge in [0.1, 0.15) is 0 Å². The van der Waals surface area contributed by atoms with Crippen LogP contribution < -0.4 is 16.4 Å². The summed E-state index contributed by atoms with van der Waals surface area (Å²) in [6.07, 6.45) is 3.31. The van der Waals surface area contributed by atoms with Crippen molar-refractivity contribution in [2.24, 2.45) is 5.73 Å². The fourth-order valence-electron chi connectivity index (χ4n) is 2.31. The number of hydrogen-bond acceptors (Lipinski definition) is 3. The van der Waals surface area contributed by atoms with E-state index in [1.54, 1.807) is 12.1 Å². The first-order chi connectivity index (χ1) is 9.49. The Morgan fingerprint density at radius 1 is 1.20 bits per heavy atom. The molecule has 0 unspecified atom stereocenters. The van der Waals surface area contributed by atoms with Gasteiger partial charge in [-0.1, -0.05) is 28.8 Å². The fraction of sp³-hybridized carbons (Fsp3) is 0.429. The summed E-state index contributed by atoms with van der Waals surface area (Å²) in [5.74, 6) is -0.497. The zero-order valence-corrected chi connectivity index (χ0v) is 12.7. The summed E-state index contributed by atoms with van der Waals surface area (Å²) in [7, 11) is 0. The van der Waals surface area contributed by atoms with Crippen LogP contribution in [0.25, 0.3) is 0 Å². The lowest BCUT2D eigenvalue weighted by atomic mass is 9.98. The number of nitrogens with one attached hydrogen (secondary N) is 2. The van der Waals surface area contributed by atoms with Crippen LogP contribution in [0, 0.1) is 0 Å². The molecule has 0 aliphatic heterocycles. The Morgan fingerprint density at radius 3 is 2.40 bits per heavy atom. The lowest BCUT2D eigenvalue weighted by molar-refractivity contribution is -0.128. The number of nitrogens with two attached hydrogens (primary N) is 1. The molecule has 108 valence electrons. The third kappa shape index (κ3) is 3.80. The molecule has 0 atom stereocenters. The molecule has 2 rings (SSSR count). The Hall–Kier alpha value is -1.40. The molecule has 6 heteroatoms. The molecule has 5 nitrogen and oxygen atoms in total. The molecule has 1 saturated carbocycles. The van der Waals surface area contributed by atoms with E-state index in [1.807, 2.05) is 12.1 Å². The predicted molar refractivity (Wildman–Crippen MR) is 81.2 cm³/mol. The minimum Gasteiger partial charge on any atom is -0.345 e. The molecular formula is C14H18BrN3O2.